The molecule has 2 N–H and O–H groups in total. The number of benzene rings is 1. The Morgan fingerprint density at radius 2 is 1.91 bits per heavy atom. The maximum absolute atomic E-state index is 13.2. The van der Waals surface area contributed by atoms with Crippen molar-refractivity contribution in [2.75, 3.05) is 6.61 Å². The normalized spacial score (nSPS) is 10.9. The zero-order valence-corrected chi connectivity index (χ0v) is 11.7. The van der Waals surface area contributed by atoms with Gasteiger partial charge < -0.3 is 10.2 Å². The van der Waals surface area contributed by atoms with Gasteiger partial charge in [-0.3, -0.25) is 9.48 Å². The first-order valence-corrected chi connectivity index (χ1v) is 6.45. The molecule has 0 unspecified atom stereocenters. The third-order valence-electron chi connectivity index (χ3n) is 3.33. The molecule has 0 aliphatic rings. The molecule has 118 valence electrons. The van der Waals surface area contributed by atoms with Crippen LogP contribution in [0.3, 0.4) is 0 Å². The molecule has 0 aliphatic heterocycles. The fourth-order valence-electron chi connectivity index (χ4n) is 2.30. The maximum atomic E-state index is 13.2. The average molecular weight is 312 g/mol. The number of aromatic carboxylic acids is 1. The molecule has 0 fully saturated rings. The molecule has 8 heteroatoms. The Hall–Kier alpha value is -2.48. The molecule has 2 aromatic rings. The lowest BCUT2D eigenvalue weighted by Gasteiger charge is -2.12. The van der Waals surface area contributed by atoms with E-state index in [2.05, 4.69) is 0 Å². The molecule has 0 spiro atoms. The maximum Gasteiger partial charge on any atom is 0.343 e. The minimum atomic E-state index is -1.38. The number of nitrogens with zero attached hydrogens (tertiary/aromatic N) is 2. The summed E-state index contributed by atoms with van der Waals surface area (Å²) in [6.45, 7) is 1.02. The van der Waals surface area contributed by atoms with Crippen LogP contribution >= 0.6 is 0 Å². The predicted molar refractivity (Wildman–Crippen MR) is 72.9 cm³/mol. The molecule has 1 heterocycles. The minimum Gasteiger partial charge on any atom is -0.477 e. The van der Waals surface area contributed by atoms with Crippen molar-refractivity contribution < 1.29 is 23.8 Å². The number of hydrogen-bond donors (Lipinski definition) is 2. The number of carboxylic acids is 1. The number of aliphatic hydroxyl groups is 1. The number of halogens is 2. The molecule has 22 heavy (non-hydrogen) atoms. The van der Waals surface area contributed by atoms with Crippen LogP contribution in [0.1, 0.15) is 21.6 Å². The van der Waals surface area contributed by atoms with Gasteiger partial charge in [0.15, 0.2) is 11.6 Å². The zero-order valence-electron chi connectivity index (χ0n) is 11.7. The third-order valence-corrected chi connectivity index (χ3v) is 3.33. The standard InChI is InChI=1S/C14H14F2N2O4/c1-8-12(14(21)22)13(20)18(17(8)4-5-19)7-9-2-3-10(15)11(16)6-9/h2-3,6,19H,4-5,7H2,1H3,(H,21,22). The van der Waals surface area contributed by atoms with Crippen LogP contribution in [-0.2, 0) is 13.1 Å². The molecule has 0 radical (unpaired) electrons. The van der Waals surface area contributed by atoms with Crippen LogP contribution < -0.4 is 5.56 Å². The fourth-order valence-corrected chi connectivity index (χ4v) is 2.30. The highest BCUT2D eigenvalue weighted by Crippen LogP contribution is 2.12. The molecule has 1 aromatic heterocycles. The summed E-state index contributed by atoms with van der Waals surface area (Å²) in [5, 5.41) is 18.2. The lowest BCUT2D eigenvalue weighted by atomic mass is 10.2. The molecule has 0 saturated carbocycles. The van der Waals surface area contributed by atoms with E-state index in [0.29, 0.717) is 5.56 Å². The van der Waals surface area contributed by atoms with E-state index in [1.807, 2.05) is 0 Å². The molecule has 0 atom stereocenters. The second-order valence-electron chi connectivity index (χ2n) is 4.72. The Morgan fingerprint density at radius 3 is 2.45 bits per heavy atom. The molecule has 0 saturated heterocycles. The van der Waals surface area contributed by atoms with Gasteiger partial charge in [-0.25, -0.2) is 18.3 Å². The molecule has 0 aliphatic carbocycles. The molecule has 1 aromatic carbocycles. The van der Waals surface area contributed by atoms with E-state index in [-0.39, 0.29) is 25.4 Å². The van der Waals surface area contributed by atoms with Crippen molar-refractivity contribution in [2.45, 2.75) is 20.0 Å². The molecular formula is C14H14F2N2O4. The number of rotatable bonds is 5. The van der Waals surface area contributed by atoms with Crippen molar-refractivity contribution in [1.29, 1.82) is 0 Å². The van der Waals surface area contributed by atoms with Crippen molar-refractivity contribution in [2.24, 2.45) is 0 Å². The molecular weight excluding hydrogens is 298 g/mol. The van der Waals surface area contributed by atoms with Crippen LogP contribution in [0.25, 0.3) is 0 Å². The van der Waals surface area contributed by atoms with Gasteiger partial charge in [0.05, 0.1) is 25.4 Å². The fraction of sp³-hybridized carbons (Fsp3) is 0.286. The summed E-state index contributed by atoms with van der Waals surface area (Å²) >= 11 is 0. The minimum absolute atomic E-state index is 0.0119. The number of hydrogen-bond acceptors (Lipinski definition) is 3. The molecule has 0 bridgehead atoms. The van der Waals surface area contributed by atoms with Gasteiger partial charge in [-0.05, 0) is 24.6 Å². The van der Waals surface area contributed by atoms with Gasteiger partial charge in [0.1, 0.15) is 5.56 Å². The Labute approximate surface area is 123 Å². The van der Waals surface area contributed by atoms with E-state index < -0.39 is 28.7 Å². The van der Waals surface area contributed by atoms with Crippen LogP contribution in [-0.4, -0.2) is 32.2 Å². The van der Waals surface area contributed by atoms with Crippen molar-refractivity contribution in [3.8, 4) is 0 Å². The molecule has 6 nitrogen and oxygen atoms in total. The lowest BCUT2D eigenvalue weighted by molar-refractivity contribution is 0.0694. The Morgan fingerprint density at radius 1 is 1.23 bits per heavy atom. The van der Waals surface area contributed by atoms with Gasteiger partial charge in [-0.1, -0.05) is 6.07 Å². The van der Waals surface area contributed by atoms with Crippen molar-refractivity contribution in [3.63, 3.8) is 0 Å². The van der Waals surface area contributed by atoms with Gasteiger partial charge in [0.2, 0.25) is 0 Å². The van der Waals surface area contributed by atoms with Crippen LogP contribution in [0.2, 0.25) is 0 Å². The second kappa shape index (κ2) is 6.10. The topological polar surface area (TPSA) is 84.5 Å². The third kappa shape index (κ3) is 2.77. The smallest absolute Gasteiger partial charge is 0.343 e. The monoisotopic (exact) mass is 312 g/mol. The highest BCUT2D eigenvalue weighted by Gasteiger charge is 2.22. The molecule has 0 amide bonds. The van der Waals surface area contributed by atoms with E-state index in [9.17, 15) is 18.4 Å². The Bertz CT molecular complexity index is 780. The zero-order chi connectivity index (χ0) is 16.4. The summed E-state index contributed by atoms with van der Waals surface area (Å²) in [5.74, 6) is -3.44. The van der Waals surface area contributed by atoms with Gasteiger partial charge in [-0.2, -0.15) is 0 Å². The molecule has 2 rings (SSSR count). The number of aliphatic hydroxyl groups excluding tert-OH is 1. The van der Waals surface area contributed by atoms with Crippen LogP contribution in [0.4, 0.5) is 8.78 Å². The summed E-state index contributed by atoms with van der Waals surface area (Å²) < 4.78 is 28.6. The van der Waals surface area contributed by atoms with Crippen LogP contribution in [0.5, 0.6) is 0 Å². The summed E-state index contributed by atoms with van der Waals surface area (Å²) in [7, 11) is 0. The first-order valence-electron chi connectivity index (χ1n) is 6.45. The van der Waals surface area contributed by atoms with E-state index in [1.165, 1.54) is 17.7 Å². The van der Waals surface area contributed by atoms with Gasteiger partial charge in [-0.15, -0.1) is 0 Å². The summed E-state index contributed by atoms with van der Waals surface area (Å²) in [4.78, 5) is 23.4. The average Bonchev–Trinajstić information content (AvgIpc) is 2.67. The van der Waals surface area contributed by atoms with E-state index in [4.69, 9.17) is 10.2 Å². The number of aromatic nitrogens is 2. The van der Waals surface area contributed by atoms with E-state index in [0.717, 1.165) is 16.8 Å². The SMILES string of the molecule is Cc1c(C(=O)O)c(=O)n(Cc2ccc(F)c(F)c2)n1CCO. The Balaban J connectivity index is 2.53. The quantitative estimate of drug-likeness (QED) is 0.862. The first-order chi connectivity index (χ1) is 10.4. The van der Waals surface area contributed by atoms with E-state index in [1.54, 1.807) is 0 Å². The van der Waals surface area contributed by atoms with Crippen LogP contribution in [0.15, 0.2) is 23.0 Å². The highest BCUT2D eigenvalue weighted by atomic mass is 19.2. The Kier molecular flexibility index (Phi) is 4.41. The van der Waals surface area contributed by atoms with Gasteiger partial charge in [0, 0.05) is 0 Å². The van der Waals surface area contributed by atoms with Gasteiger partial charge in [0.25, 0.3) is 5.56 Å². The number of carbonyl (C=O) groups is 1. The summed E-state index contributed by atoms with van der Waals surface area (Å²) in [6, 6.07) is 3.17. The van der Waals surface area contributed by atoms with Crippen LogP contribution in [0, 0.1) is 18.6 Å². The first kappa shape index (κ1) is 15.9. The number of carboxylic acid groups (broad SMARTS) is 1. The van der Waals surface area contributed by atoms with Crippen molar-refractivity contribution in [3.05, 3.63) is 57.0 Å². The second-order valence-corrected chi connectivity index (χ2v) is 4.72. The lowest BCUT2D eigenvalue weighted by Crippen LogP contribution is -2.26. The predicted octanol–water partition coefficient (Wildman–Crippen LogP) is 0.975. The summed E-state index contributed by atoms with van der Waals surface area (Å²) in [6.07, 6.45) is 0. The summed E-state index contributed by atoms with van der Waals surface area (Å²) in [5.41, 5.74) is -0.678. The largest absolute Gasteiger partial charge is 0.477 e. The van der Waals surface area contributed by atoms with Crippen molar-refractivity contribution in [1.82, 2.24) is 9.36 Å². The van der Waals surface area contributed by atoms with Crippen molar-refractivity contribution >= 4 is 5.97 Å². The van der Waals surface area contributed by atoms with Gasteiger partial charge >= 0.3 is 5.97 Å². The highest BCUT2D eigenvalue weighted by molar-refractivity contribution is 5.88. The van der Waals surface area contributed by atoms with E-state index >= 15 is 0 Å².